The normalized spacial score (nSPS) is 13.6. The average molecular weight is 474 g/mol. The summed E-state index contributed by atoms with van der Waals surface area (Å²) in [5.41, 5.74) is 7.83. The zero-order valence-corrected chi connectivity index (χ0v) is 16.8. The van der Waals surface area contributed by atoms with Gasteiger partial charge in [-0.25, -0.2) is 0 Å². The van der Waals surface area contributed by atoms with Crippen LogP contribution in [-0.4, -0.2) is 25.7 Å². The Balaban J connectivity index is 0.00000225. The van der Waals surface area contributed by atoms with Crippen molar-refractivity contribution in [3.8, 4) is 11.5 Å². The van der Waals surface area contributed by atoms with E-state index >= 15 is 0 Å². The summed E-state index contributed by atoms with van der Waals surface area (Å²) in [6, 6.07) is 13.4. The zero-order chi connectivity index (χ0) is 16.8. The van der Waals surface area contributed by atoms with Gasteiger partial charge in [-0.3, -0.25) is 4.99 Å². The molecule has 1 heterocycles. The molecule has 25 heavy (non-hydrogen) atoms. The Labute approximate surface area is 169 Å². The summed E-state index contributed by atoms with van der Waals surface area (Å²) in [6.07, 6.45) is 1.62. The van der Waals surface area contributed by atoms with Crippen LogP contribution in [0.5, 0.6) is 11.5 Å². The number of fused-ring (bicyclic) bond motifs is 1. The Bertz CT molecular complexity index is 740. The van der Waals surface area contributed by atoms with Gasteiger partial charge in [0.25, 0.3) is 0 Å². The number of nitrogens with two attached hydrogens (primary N) is 1. The number of hydrogen-bond acceptors (Lipinski definition) is 3. The van der Waals surface area contributed by atoms with Crippen LogP contribution >= 0.6 is 35.6 Å². The van der Waals surface area contributed by atoms with Gasteiger partial charge in [-0.15, -0.1) is 24.0 Å². The molecule has 2 aromatic carbocycles. The molecule has 3 rings (SSSR count). The predicted molar refractivity (Wildman–Crippen MR) is 113 cm³/mol. The number of aliphatic imine (C=N–C) groups is 1. The fourth-order valence-electron chi connectivity index (χ4n) is 2.43. The zero-order valence-electron chi connectivity index (χ0n) is 13.7. The van der Waals surface area contributed by atoms with Crippen LogP contribution < -0.4 is 20.5 Å². The number of nitrogens with one attached hydrogen (secondary N) is 1. The van der Waals surface area contributed by atoms with E-state index < -0.39 is 0 Å². The molecule has 0 bridgehead atoms. The quantitative estimate of drug-likeness (QED) is 0.399. The molecule has 0 aromatic heterocycles. The molecule has 2 aromatic rings. The Morgan fingerprint density at radius 2 is 1.88 bits per heavy atom. The van der Waals surface area contributed by atoms with Crippen molar-refractivity contribution in [1.82, 2.24) is 0 Å². The van der Waals surface area contributed by atoms with Gasteiger partial charge in [0.2, 0.25) is 0 Å². The first-order chi connectivity index (χ1) is 11.7. The minimum Gasteiger partial charge on any atom is -0.490 e. The van der Waals surface area contributed by atoms with Crippen molar-refractivity contribution in [3.63, 3.8) is 0 Å². The Kier molecular flexibility index (Phi) is 7.64. The molecule has 5 nitrogen and oxygen atoms in total. The second kappa shape index (κ2) is 9.72. The first-order valence-electron chi connectivity index (χ1n) is 7.92. The molecule has 0 fully saturated rings. The fourth-order valence-corrected chi connectivity index (χ4v) is 2.66. The molecule has 0 radical (unpaired) electrons. The van der Waals surface area contributed by atoms with Crippen molar-refractivity contribution in [2.45, 2.75) is 12.8 Å². The van der Waals surface area contributed by atoms with E-state index in [2.05, 4.69) is 10.3 Å². The third kappa shape index (κ3) is 5.67. The molecule has 0 spiro atoms. The molecular formula is C18H21ClIN3O2. The van der Waals surface area contributed by atoms with Crippen LogP contribution in [0.15, 0.2) is 47.5 Å². The van der Waals surface area contributed by atoms with Crippen molar-refractivity contribution in [2.24, 2.45) is 10.7 Å². The molecule has 0 amide bonds. The largest absolute Gasteiger partial charge is 0.490 e. The third-order valence-corrected chi connectivity index (χ3v) is 4.01. The number of nitrogens with zero attached hydrogens (tertiary/aromatic N) is 1. The van der Waals surface area contributed by atoms with E-state index in [9.17, 15) is 0 Å². The monoisotopic (exact) mass is 473 g/mol. The SMILES string of the molecule is I.NC(=NCCc1ccccc1Cl)Nc1ccc2c(c1)OCCCO2. The minimum absolute atomic E-state index is 0. The van der Waals surface area contributed by atoms with Crippen LogP contribution in [0.25, 0.3) is 0 Å². The fraction of sp³-hybridized carbons (Fsp3) is 0.278. The lowest BCUT2D eigenvalue weighted by molar-refractivity contribution is 0.297. The summed E-state index contributed by atoms with van der Waals surface area (Å²) in [6.45, 7) is 1.89. The summed E-state index contributed by atoms with van der Waals surface area (Å²) < 4.78 is 11.3. The van der Waals surface area contributed by atoms with Gasteiger partial charge in [0.1, 0.15) is 0 Å². The molecule has 134 valence electrons. The third-order valence-electron chi connectivity index (χ3n) is 3.64. The van der Waals surface area contributed by atoms with E-state index in [0.717, 1.165) is 40.6 Å². The number of rotatable bonds is 4. The van der Waals surface area contributed by atoms with Crippen LogP contribution in [0, 0.1) is 0 Å². The number of guanidine groups is 1. The highest BCUT2D eigenvalue weighted by Crippen LogP contribution is 2.32. The van der Waals surface area contributed by atoms with Crippen molar-refractivity contribution in [2.75, 3.05) is 25.1 Å². The molecule has 1 aliphatic heterocycles. The summed E-state index contributed by atoms with van der Waals surface area (Å²) in [5, 5.41) is 3.82. The van der Waals surface area contributed by atoms with Gasteiger partial charge in [0.15, 0.2) is 17.5 Å². The van der Waals surface area contributed by atoms with Crippen molar-refractivity contribution >= 4 is 47.2 Å². The standard InChI is InChI=1S/C18H20ClN3O2.HI/c19-15-5-2-1-4-13(15)8-9-21-18(20)22-14-6-7-16-17(12-14)24-11-3-10-23-16;/h1-2,4-7,12H,3,8-11H2,(H3,20,21,22);1H. The number of halogens is 2. The molecular weight excluding hydrogens is 453 g/mol. The van der Waals surface area contributed by atoms with E-state index in [4.69, 9.17) is 26.8 Å². The van der Waals surface area contributed by atoms with Crippen LogP contribution in [0.3, 0.4) is 0 Å². The Morgan fingerprint density at radius 1 is 1.12 bits per heavy atom. The van der Waals surface area contributed by atoms with Crippen LogP contribution in [-0.2, 0) is 6.42 Å². The second-order valence-corrected chi connectivity index (χ2v) is 5.85. The molecule has 1 aliphatic rings. The highest BCUT2D eigenvalue weighted by molar-refractivity contribution is 14.0. The Morgan fingerprint density at radius 3 is 2.68 bits per heavy atom. The van der Waals surface area contributed by atoms with Gasteiger partial charge in [-0.1, -0.05) is 29.8 Å². The van der Waals surface area contributed by atoms with Crippen molar-refractivity contribution < 1.29 is 9.47 Å². The van der Waals surface area contributed by atoms with E-state index in [-0.39, 0.29) is 24.0 Å². The summed E-state index contributed by atoms with van der Waals surface area (Å²) >= 11 is 6.13. The van der Waals surface area contributed by atoms with Crippen LogP contribution in [0.1, 0.15) is 12.0 Å². The van der Waals surface area contributed by atoms with Gasteiger partial charge in [0, 0.05) is 29.7 Å². The van der Waals surface area contributed by atoms with Crippen LogP contribution in [0.4, 0.5) is 5.69 Å². The van der Waals surface area contributed by atoms with E-state index in [0.29, 0.717) is 25.7 Å². The molecule has 0 atom stereocenters. The molecule has 7 heteroatoms. The summed E-state index contributed by atoms with van der Waals surface area (Å²) in [4.78, 5) is 4.34. The first-order valence-corrected chi connectivity index (χ1v) is 8.30. The number of hydrogen-bond donors (Lipinski definition) is 2. The number of anilines is 1. The maximum absolute atomic E-state index is 6.13. The van der Waals surface area contributed by atoms with Crippen LogP contribution in [0.2, 0.25) is 5.02 Å². The smallest absolute Gasteiger partial charge is 0.193 e. The molecule has 0 saturated carbocycles. The predicted octanol–water partition coefficient (Wildman–Crippen LogP) is 4.09. The Hall–Kier alpha value is -1.67. The number of ether oxygens (including phenoxy) is 2. The molecule has 0 aliphatic carbocycles. The van der Waals surface area contributed by atoms with E-state index in [1.54, 1.807) is 0 Å². The minimum atomic E-state index is 0. The van der Waals surface area contributed by atoms with Gasteiger partial charge >= 0.3 is 0 Å². The molecule has 0 saturated heterocycles. The first kappa shape index (κ1) is 19.7. The van der Waals surface area contributed by atoms with Gasteiger partial charge in [-0.2, -0.15) is 0 Å². The van der Waals surface area contributed by atoms with Crippen molar-refractivity contribution in [1.29, 1.82) is 0 Å². The van der Waals surface area contributed by atoms with Gasteiger partial charge < -0.3 is 20.5 Å². The van der Waals surface area contributed by atoms with Crippen molar-refractivity contribution in [3.05, 3.63) is 53.1 Å². The summed E-state index contributed by atoms with van der Waals surface area (Å²) in [7, 11) is 0. The average Bonchev–Trinajstić information content (AvgIpc) is 2.81. The van der Waals surface area contributed by atoms with Gasteiger partial charge in [-0.05, 0) is 30.2 Å². The topological polar surface area (TPSA) is 68.9 Å². The highest BCUT2D eigenvalue weighted by atomic mass is 127. The maximum Gasteiger partial charge on any atom is 0.193 e. The molecule has 0 unspecified atom stereocenters. The lowest BCUT2D eigenvalue weighted by atomic mass is 10.1. The molecule has 3 N–H and O–H groups in total. The lowest BCUT2D eigenvalue weighted by Crippen LogP contribution is -2.23. The lowest BCUT2D eigenvalue weighted by Gasteiger charge is -2.10. The maximum atomic E-state index is 6.13. The highest BCUT2D eigenvalue weighted by Gasteiger charge is 2.10. The van der Waals surface area contributed by atoms with Gasteiger partial charge in [0.05, 0.1) is 13.2 Å². The van der Waals surface area contributed by atoms with E-state index in [1.807, 2.05) is 42.5 Å². The summed E-state index contributed by atoms with van der Waals surface area (Å²) in [5.74, 6) is 1.84. The van der Waals surface area contributed by atoms with E-state index in [1.165, 1.54) is 0 Å². The number of benzene rings is 2. The second-order valence-electron chi connectivity index (χ2n) is 5.45.